The fourth-order valence-corrected chi connectivity index (χ4v) is 5.28. The summed E-state index contributed by atoms with van der Waals surface area (Å²) < 4.78 is 1.78. The number of H-pyrrole nitrogens is 1. The minimum absolute atomic E-state index is 0.183. The normalized spacial score (nSPS) is 21.2. The first-order valence-corrected chi connectivity index (χ1v) is 11.8. The van der Waals surface area contributed by atoms with Crippen LogP contribution in [-0.2, 0) is 11.8 Å². The first-order valence-electron chi connectivity index (χ1n) is 11.8. The van der Waals surface area contributed by atoms with Crippen LogP contribution in [0.15, 0.2) is 30.6 Å². The Balaban J connectivity index is 1.15. The molecule has 0 spiro atoms. The van der Waals surface area contributed by atoms with Gasteiger partial charge in [0.05, 0.1) is 5.52 Å². The number of anilines is 1. The van der Waals surface area contributed by atoms with Crippen molar-refractivity contribution in [2.75, 3.05) is 18.4 Å². The highest BCUT2D eigenvalue weighted by Gasteiger charge is 2.30. The van der Waals surface area contributed by atoms with E-state index in [1.807, 2.05) is 31.6 Å². The van der Waals surface area contributed by atoms with E-state index in [-0.39, 0.29) is 5.92 Å². The average molecular weight is 445 g/mol. The smallest absolute Gasteiger partial charge is 0.225 e. The lowest BCUT2D eigenvalue weighted by Gasteiger charge is -2.30. The predicted octanol–water partition coefficient (Wildman–Crippen LogP) is 3.50. The lowest BCUT2D eigenvalue weighted by molar-refractivity contribution is -0.135. The lowest BCUT2D eigenvalue weighted by atomic mass is 9.85. The Hall–Kier alpha value is -3.49. The minimum atomic E-state index is 0.183. The van der Waals surface area contributed by atoms with E-state index in [0.29, 0.717) is 17.9 Å². The minimum Gasteiger partial charge on any atom is -0.351 e. The van der Waals surface area contributed by atoms with Crippen molar-refractivity contribution in [1.29, 1.82) is 0 Å². The number of benzene rings is 1. The third kappa shape index (κ3) is 3.71. The van der Waals surface area contributed by atoms with Crippen LogP contribution >= 0.6 is 0 Å². The van der Waals surface area contributed by atoms with Crippen LogP contribution in [0.4, 0.5) is 5.95 Å². The van der Waals surface area contributed by atoms with Crippen LogP contribution in [0.25, 0.3) is 33.2 Å². The van der Waals surface area contributed by atoms with Crippen LogP contribution in [0, 0.1) is 5.92 Å². The van der Waals surface area contributed by atoms with E-state index in [1.54, 1.807) is 4.68 Å². The molecule has 2 fully saturated rings. The fourth-order valence-electron chi connectivity index (χ4n) is 5.28. The van der Waals surface area contributed by atoms with Gasteiger partial charge in [-0.25, -0.2) is 9.67 Å². The monoisotopic (exact) mass is 444 g/mol. The van der Waals surface area contributed by atoms with Crippen LogP contribution in [-0.4, -0.2) is 59.9 Å². The van der Waals surface area contributed by atoms with E-state index in [9.17, 15) is 4.79 Å². The number of hydrogen-bond donors (Lipinski definition) is 2. The zero-order chi connectivity index (χ0) is 22.4. The Bertz CT molecular complexity index is 1310. The third-order valence-corrected chi connectivity index (χ3v) is 7.18. The van der Waals surface area contributed by atoms with Gasteiger partial charge in [0.25, 0.3) is 0 Å². The molecule has 1 saturated carbocycles. The molecule has 170 valence electrons. The maximum absolute atomic E-state index is 12.7. The number of rotatable bonds is 4. The molecule has 4 aromatic rings. The number of hydrogen-bond acceptors (Lipinski definition) is 6. The second-order valence-corrected chi connectivity index (χ2v) is 9.30. The topological polar surface area (TPSA) is 105 Å². The van der Waals surface area contributed by atoms with Crippen LogP contribution < -0.4 is 5.32 Å². The number of aromatic amines is 1. The molecule has 0 atom stereocenters. The Morgan fingerprint density at radius 2 is 1.97 bits per heavy atom. The van der Waals surface area contributed by atoms with Gasteiger partial charge in [-0.1, -0.05) is 11.3 Å². The van der Waals surface area contributed by atoms with Crippen molar-refractivity contribution in [2.24, 2.45) is 13.0 Å². The average Bonchev–Trinajstić information content (AvgIpc) is 3.59. The van der Waals surface area contributed by atoms with E-state index in [1.165, 1.54) is 0 Å². The summed E-state index contributed by atoms with van der Waals surface area (Å²) in [5.41, 5.74) is 4.80. The fraction of sp³-hybridized carbons (Fsp3) is 0.458. The molecule has 0 radical (unpaired) electrons. The van der Waals surface area contributed by atoms with Crippen molar-refractivity contribution in [3.63, 3.8) is 0 Å². The molecule has 4 heterocycles. The first-order chi connectivity index (χ1) is 16.2. The van der Waals surface area contributed by atoms with Crippen LogP contribution in [0.1, 0.15) is 38.5 Å². The molecule has 0 bridgehead atoms. The van der Waals surface area contributed by atoms with Gasteiger partial charge < -0.3 is 15.2 Å². The van der Waals surface area contributed by atoms with Crippen molar-refractivity contribution in [1.82, 2.24) is 34.8 Å². The van der Waals surface area contributed by atoms with Crippen molar-refractivity contribution in [3.05, 3.63) is 30.6 Å². The molecule has 2 aliphatic rings. The number of aromatic nitrogens is 6. The van der Waals surface area contributed by atoms with E-state index >= 15 is 0 Å². The quantitative estimate of drug-likeness (QED) is 0.499. The van der Waals surface area contributed by atoms with Gasteiger partial charge >= 0.3 is 0 Å². The number of likely N-dealkylation sites (tertiary alicyclic amines) is 1. The standard InChI is InChI=1S/C24H28N8O/c1-31-21-12-16(6-9-20(21)29-30-31)18-13-25-22-19(18)14-26-24(28-22)27-17-7-4-15(5-8-17)23(33)32-10-2-3-11-32/h6,9,12-15,17H,2-5,7-8,10-11H2,1H3,(H2,25,26,27,28). The first kappa shape index (κ1) is 20.1. The highest BCUT2D eigenvalue weighted by Crippen LogP contribution is 2.31. The summed E-state index contributed by atoms with van der Waals surface area (Å²) in [7, 11) is 1.89. The molecule has 1 saturated heterocycles. The Kier molecular flexibility index (Phi) is 4.96. The zero-order valence-corrected chi connectivity index (χ0v) is 18.8. The van der Waals surface area contributed by atoms with E-state index in [2.05, 4.69) is 36.6 Å². The van der Waals surface area contributed by atoms with Crippen molar-refractivity contribution < 1.29 is 4.79 Å². The van der Waals surface area contributed by atoms with Gasteiger partial charge in [0.1, 0.15) is 11.2 Å². The van der Waals surface area contributed by atoms with E-state index in [4.69, 9.17) is 4.98 Å². The lowest BCUT2D eigenvalue weighted by Crippen LogP contribution is -2.37. The molecule has 1 aromatic carbocycles. The van der Waals surface area contributed by atoms with Crippen molar-refractivity contribution >= 4 is 33.9 Å². The number of amides is 1. The van der Waals surface area contributed by atoms with Gasteiger partial charge in [-0.2, -0.15) is 4.98 Å². The maximum Gasteiger partial charge on any atom is 0.225 e. The second kappa shape index (κ2) is 8.13. The SMILES string of the molecule is Cn1nnc2ccc(-c3c[nH]c4nc(NC5CCC(C(=O)N6CCCC6)CC5)ncc34)cc21. The number of aryl methyl sites for hydroxylation is 1. The van der Waals surface area contributed by atoms with Gasteiger partial charge in [-0.05, 0) is 56.2 Å². The number of nitrogens with one attached hydrogen (secondary N) is 2. The zero-order valence-electron chi connectivity index (χ0n) is 18.8. The molecule has 1 amide bonds. The summed E-state index contributed by atoms with van der Waals surface area (Å²) in [5.74, 6) is 1.18. The molecule has 9 heteroatoms. The molecular weight excluding hydrogens is 416 g/mol. The second-order valence-electron chi connectivity index (χ2n) is 9.30. The summed E-state index contributed by atoms with van der Waals surface area (Å²) in [6.45, 7) is 1.88. The molecular formula is C24H28N8O. The molecule has 3 aromatic heterocycles. The Morgan fingerprint density at radius 3 is 2.79 bits per heavy atom. The molecule has 33 heavy (non-hydrogen) atoms. The summed E-state index contributed by atoms with van der Waals surface area (Å²) >= 11 is 0. The van der Waals surface area contributed by atoms with Crippen molar-refractivity contribution in [3.8, 4) is 11.1 Å². The largest absolute Gasteiger partial charge is 0.351 e. The van der Waals surface area contributed by atoms with Crippen LogP contribution in [0.2, 0.25) is 0 Å². The third-order valence-electron chi connectivity index (χ3n) is 7.18. The number of carbonyl (C=O) groups excluding carboxylic acids is 1. The highest BCUT2D eigenvalue weighted by molar-refractivity contribution is 5.95. The van der Waals surface area contributed by atoms with Crippen LogP contribution in [0.3, 0.4) is 0 Å². The van der Waals surface area contributed by atoms with E-state index < -0.39 is 0 Å². The van der Waals surface area contributed by atoms with Gasteiger partial charge in [-0.3, -0.25) is 4.79 Å². The number of fused-ring (bicyclic) bond motifs is 2. The Labute approximate surface area is 191 Å². The number of carbonyl (C=O) groups is 1. The molecule has 2 N–H and O–H groups in total. The molecule has 9 nitrogen and oxygen atoms in total. The predicted molar refractivity (Wildman–Crippen MR) is 127 cm³/mol. The summed E-state index contributed by atoms with van der Waals surface area (Å²) in [5, 5.41) is 12.7. The number of nitrogens with zero attached hydrogens (tertiary/aromatic N) is 6. The van der Waals surface area contributed by atoms with Gasteiger partial charge in [-0.15, -0.1) is 5.10 Å². The maximum atomic E-state index is 12.7. The molecule has 1 aliphatic heterocycles. The van der Waals surface area contributed by atoms with Crippen molar-refractivity contribution in [2.45, 2.75) is 44.6 Å². The van der Waals surface area contributed by atoms with Gasteiger partial charge in [0, 0.05) is 55.4 Å². The molecule has 0 unspecified atom stereocenters. The molecule has 1 aliphatic carbocycles. The van der Waals surface area contributed by atoms with Gasteiger partial charge in [0.2, 0.25) is 11.9 Å². The van der Waals surface area contributed by atoms with Gasteiger partial charge in [0.15, 0.2) is 0 Å². The Morgan fingerprint density at radius 1 is 1.15 bits per heavy atom. The molecule has 6 rings (SSSR count). The highest BCUT2D eigenvalue weighted by atomic mass is 16.2. The summed E-state index contributed by atoms with van der Waals surface area (Å²) in [6, 6.07) is 6.43. The van der Waals surface area contributed by atoms with E-state index in [0.717, 1.165) is 84.8 Å². The summed E-state index contributed by atoms with van der Waals surface area (Å²) in [4.78, 5) is 27.3. The van der Waals surface area contributed by atoms with Crippen LogP contribution in [0.5, 0.6) is 0 Å². The summed E-state index contributed by atoms with van der Waals surface area (Å²) in [6.07, 6.45) is 9.98.